The highest BCUT2D eigenvalue weighted by atomic mass is 79.9. The summed E-state index contributed by atoms with van der Waals surface area (Å²) in [7, 11) is 1.48. The number of esters is 1. The molecule has 0 fully saturated rings. The van der Waals surface area contributed by atoms with Crippen LogP contribution in [0.1, 0.15) is 19.4 Å². The number of methoxy groups -OCH3 is 1. The minimum Gasteiger partial charge on any atom is -0.493 e. The van der Waals surface area contributed by atoms with Crippen LogP contribution in [-0.4, -0.2) is 41.7 Å². The minimum atomic E-state index is -0.854. The molecule has 0 aliphatic rings. The molecular weight excluding hydrogens is 602 g/mol. The number of halogens is 2. The van der Waals surface area contributed by atoms with Crippen LogP contribution in [0.15, 0.2) is 79.4 Å². The van der Waals surface area contributed by atoms with Gasteiger partial charge in [0.2, 0.25) is 5.82 Å². The van der Waals surface area contributed by atoms with Crippen LogP contribution in [0.2, 0.25) is 5.02 Å². The maximum Gasteiger partial charge on any atom is 0.347 e. The van der Waals surface area contributed by atoms with Gasteiger partial charge in [-0.1, -0.05) is 23.7 Å². The highest BCUT2D eigenvalue weighted by Crippen LogP contribution is 2.37. The third kappa shape index (κ3) is 5.45. The Kier molecular flexibility index (Phi) is 7.90. The fourth-order valence-corrected chi connectivity index (χ4v) is 4.79. The van der Waals surface area contributed by atoms with E-state index < -0.39 is 12.1 Å². The lowest BCUT2D eigenvalue weighted by Gasteiger charge is -2.17. The van der Waals surface area contributed by atoms with Crippen LogP contribution in [0.5, 0.6) is 11.5 Å². The first kappa shape index (κ1) is 27.4. The van der Waals surface area contributed by atoms with Crippen LogP contribution in [0.3, 0.4) is 0 Å². The van der Waals surface area contributed by atoms with Gasteiger partial charge in [-0.05, 0) is 83.9 Å². The highest BCUT2D eigenvalue weighted by Gasteiger charge is 2.21. The molecule has 0 spiro atoms. The summed E-state index contributed by atoms with van der Waals surface area (Å²) in [6.07, 6.45) is 0.639. The van der Waals surface area contributed by atoms with E-state index in [9.17, 15) is 9.59 Å². The summed E-state index contributed by atoms with van der Waals surface area (Å²) in [6, 6.07) is 17.4. The predicted octanol–water partition coefficient (Wildman–Crippen LogP) is 6.45. The molecule has 0 N–H and O–H groups in total. The Balaban J connectivity index is 1.58. The van der Waals surface area contributed by atoms with Gasteiger partial charge in [-0.15, -0.1) is 0 Å². The van der Waals surface area contributed by atoms with Crippen molar-refractivity contribution in [1.29, 1.82) is 0 Å². The first-order valence-corrected chi connectivity index (χ1v) is 13.4. The van der Waals surface area contributed by atoms with Gasteiger partial charge in [0.05, 0.1) is 35.3 Å². The Bertz CT molecular complexity index is 1830. The third-order valence-electron chi connectivity index (χ3n) is 5.94. The number of hydrogen-bond acceptors (Lipinski definition) is 8. The van der Waals surface area contributed by atoms with Crippen molar-refractivity contribution in [2.45, 2.75) is 20.0 Å². The van der Waals surface area contributed by atoms with Gasteiger partial charge in [-0.25, -0.2) is 9.78 Å². The average Bonchev–Trinajstić information content (AvgIpc) is 3.36. The van der Waals surface area contributed by atoms with Crippen LogP contribution in [-0.2, 0) is 9.53 Å². The molecule has 0 unspecified atom stereocenters. The minimum absolute atomic E-state index is 0.224. The number of ether oxygens (including phenoxy) is 3. The summed E-state index contributed by atoms with van der Waals surface area (Å²) in [5, 5.41) is 6.22. The van der Waals surface area contributed by atoms with Crippen molar-refractivity contribution in [3.05, 3.63) is 86.1 Å². The number of carbonyl (C=O) groups is 1. The van der Waals surface area contributed by atoms with Crippen molar-refractivity contribution < 1.29 is 23.4 Å². The molecule has 5 rings (SSSR count). The lowest BCUT2D eigenvalue weighted by Crippen LogP contribution is -2.26. The molecule has 0 saturated carbocycles. The molecule has 0 radical (unpaired) electrons. The van der Waals surface area contributed by atoms with Crippen molar-refractivity contribution in [1.82, 2.24) is 9.66 Å². The largest absolute Gasteiger partial charge is 0.493 e. The van der Waals surface area contributed by atoms with E-state index in [1.807, 2.05) is 0 Å². The summed E-state index contributed by atoms with van der Waals surface area (Å²) in [5.74, 6) is 0.761. The Morgan fingerprint density at radius 3 is 2.77 bits per heavy atom. The van der Waals surface area contributed by atoms with Crippen LogP contribution in [0.4, 0.5) is 0 Å². The zero-order valence-corrected chi connectivity index (χ0v) is 24.0. The summed E-state index contributed by atoms with van der Waals surface area (Å²) in [4.78, 5) is 30.3. The lowest BCUT2D eigenvalue weighted by atomic mass is 10.2. The van der Waals surface area contributed by atoms with Crippen molar-refractivity contribution in [3.63, 3.8) is 0 Å². The summed E-state index contributed by atoms with van der Waals surface area (Å²) in [5.41, 5.74) is 1.32. The molecule has 0 saturated heterocycles. The van der Waals surface area contributed by atoms with E-state index in [4.69, 9.17) is 35.2 Å². The number of aromatic nitrogens is 2. The number of nitrogens with zero attached hydrogens (tertiary/aromatic N) is 3. The number of furan rings is 1. The number of fused-ring (bicyclic) bond motifs is 2. The van der Waals surface area contributed by atoms with E-state index in [1.54, 1.807) is 74.5 Å². The maximum atomic E-state index is 13.5. The summed E-state index contributed by atoms with van der Waals surface area (Å²) in [6.45, 7) is 3.56. The second-order valence-corrected chi connectivity index (χ2v) is 9.94. The number of rotatable bonds is 8. The molecule has 40 heavy (non-hydrogen) atoms. The van der Waals surface area contributed by atoms with Crippen molar-refractivity contribution >= 4 is 61.6 Å². The van der Waals surface area contributed by atoms with E-state index in [0.29, 0.717) is 48.8 Å². The second-order valence-electron chi connectivity index (χ2n) is 8.65. The van der Waals surface area contributed by atoms with Gasteiger partial charge in [-0.2, -0.15) is 9.78 Å². The normalized spacial score (nSPS) is 12.2. The molecule has 0 amide bonds. The molecule has 0 aliphatic heterocycles. The molecule has 9 nitrogen and oxygen atoms in total. The van der Waals surface area contributed by atoms with Crippen LogP contribution >= 0.6 is 27.5 Å². The molecule has 0 aliphatic carbocycles. The topological polar surface area (TPSA) is 105 Å². The lowest BCUT2D eigenvalue weighted by molar-refractivity contribution is -0.150. The van der Waals surface area contributed by atoms with Crippen LogP contribution < -0.4 is 15.0 Å². The van der Waals surface area contributed by atoms with Gasteiger partial charge in [0.25, 0.3) is 5.56 Å². The molecule has 2 aromatic heterocycles. The predicted molar refractivity (Wildman–Crippen MR) is 157 cm³/mol. The Labute approximate surface area is 242 Å². The zero-order valence-electron chi connectivity index (χ0n) is 21.7. The highest BCUT2D eigenvalue weighted by molar-refractivity contribution is 9.10. The first-order chi connectivity index (χ1) is 19.3. The SMILES string of the molecule is CCOC(=O)[C@H](C)Oc1c(Br)cc(C=Nn2c(-c3cc4cc(Cl)ccc4o3)nc3ccccc3c2=O)cc1OC. The Morgan fingerprint density at radius 1 is 1.20 bits per heavy atom. The monoisotopic (exact) mass is 623 g/mol. The molecule has 3 aromatic carbocycles. The smallest absolute Gasteiger partial charge is 0.347 e. The van der Waals surface area contributed by atoms with Gasteiger partial charge >= 0.3 is 5.97 Å². The molecule has 1 atom stereocenters. The standard InChI is InChI=1S/C29H23BrClN3O6/c1-4-38-29(36)16(2)39-26-21(30)11-17(12-24(26)37-3)15-32-34-27(33-22-8-6-5-7-20(22)28(34)35)25-14-18-13-19(31)9-10-23(18)40-25/h5-16H,4H2,1-3H3/t16-/m0/s1. The van der Waals surface area contributed by atoms with Crippen molar-refractivity contribution in [3.8, 4) is 23.1 Å². The Hall–Kier alpha value is -4.15. The van der Waals surface area contributed by atoms with E-state index in [-0.39, 0.29) is 18.0 Å². The van der Waals surface area contributed by atoms with E-state index in [0.717, 1.165) is 5.39 Å². The fraction of sp³-hybridized carbons (Fsp3) is 0.172. The fourth-order valence-electron chi connectivity index (χ4n) is 4.05. The third-order valence-corrected chi connectivity index (χ3v) is 6.76. The molecular formula is C29H23BrClN3O6. The van der Waals surface area contributed by atoms with Gasteiger partial charge in [-0.3, -0.25) is 4.79 Å². The summed E-state index contributed by atoms with van der Waals surface area (Å²) >= 11 is 9.63. The number of para-hydroxylation sites is 1. The number of carbonyl (C=O) groups excluding carboxylic acids is 1. The zero-order chi connectivity index (χ0) is 28.4. The van der Waals surface area contributed by atoms with E-state index in [2.05, 4.69) is 21.0 Å². The first-order valence-electron chi connectivity index (χ1n) is 12.3. The van der Waals surface area contributed by atoms with E-state index >= 15 is 0 Å². The quantitative estimate of drug-likeness (QED) is 0.144. The van der Waals surface area contributed by atoms with Crippen LogP contribution in [0.25, 0.3) is 33.5 Å². The average molecular weight is 625 g/mol. The van der Waals surface area contributed by atoms with E-state index in [1.165, 1.54) is 18.0 Å². The second kappa shape index (κ2) is 11.5. The molecule has 2 heterocycles. The molecule has 204 valence electrons. The van der Waals surface area contributed by atoms with Gasteiger partial charge in [0, 0.05) is 10.4 Å². The molecule has 11 heteroatoms. The molecule has 0 bridgehead atoms. The summed E-state index contributed by atoms with van der Waals surface area (Å²) < 4.78 is 24.0. The maximum absolute atomic E-state index is 13.5. The van der Waals surface area contributed by atoms with Crippen LogP contribution in [0, 0.1) is 0 Å². The van der Waals surface area contributed by atoms with Gasteiger partial charge in [0.1, 0.15) is 5.58 Å². The van der Waals surface area contributed by atoms with Gasteiger partial charge in [0.15, 0.2) is 23.4 Å². The van der Waals surface area contributed by atoms with Crippen molar-refractivity contribution in [2.24, 2.45) is 5.10 Å². The number of benzene rings is 3. The van der Waals surface area contributed by atoms with Crippen molar-refractivity contribution in [2.75, 3.05) is 13.7 Å². The molecule has 5 aromatic rings. The van der Waals surface area contributed by atoms with Gasteiger partial charge < -0.3 is 18.6 Å². The Morgan fingerprint density at radius 2 is 2.00 bits per heavy atom. The number of hydrogen-bond donors (Lipinski definition) is 0.